The first-order valence-electron chi connectivity index (χ1n) is 4.44. The molecule has 2 rings (SSSR count). The highest BCUT2D eigenvalue weighted by atomic mass is 16.5. The summed E-state index contributed by atoms with van der Waals surface area (Å²) in [6, 6.07) is 0. The standard InChI is InChI=1S/C9H14O2/c1-6-8(4-5-11-6)9(10)7-2-3-7/h6-8H,2-5H2,1H3. The largest absolute Gasteiger partial charge is 0.378 e. The van der Waals surface area contributed by atoms with E-state index < -0.39 is 0 Å². The maximum absolute atomic E-state index is 11.5. The van der Waals surface area contributed by atoms with Gasteiger partial charge in [0, 0.05) is 18.4 Å². The minimum Gasteiger partial charge on any atom is -0.378 e. The summed E-state index contributed by atoms with van der Waals surface area (Å²) in [6.07, 6.45) is 3.39. The van der Waals surface area contributed by atoms with Crippen LogP contribution >= 0.6 is 0 Å². The number of rotatable bonds is 2. The molecule has 0 spiro atoms. The summed E-state index contributed by atoms with van der Waals surface area (Å²) in [5.41, 5.74) is 0. The molecular weight excluding hydrogens is 140 g/mol. The molecule has 1 heterocycles. The van der Waals surface area contributed by atoms with Crippen LogP contribution < -0.4 is 0 Å². The van der Waals surface area contributed by atoms with Gasteiger partial charge in [-0.25, -0.2) is 0 Å². The lowest BCUT2D eigenvalue weighted by Crippen LogP contribution is -2.22. The fraction of sp³-hybridized carbons (Fsp3) is 0.889. The van der Waals surface area contributed by atoms with E-state index in [9.17, 15) is 4.79 Å². The fourth-order valence-corrected chi connectivity index (χ4v) is 1.78. The molecular formula is C9H14O2. The van der Waals surface area contributed by atoms with E-state index in [1.165, 1.54) is 0 Å². The van der Waals surface area contributed by atoms with Gasteiger partial charge >= 0.3 is 0 Å². The quantitative estimate of drug-likeness (QED) is 0.600. The third-order valence-corrected chi connectivity index (χ3v) is 2.72. The molecule has 2 fully saturated rings. The van der Waals surface area contributed by atoms with Crippen molar-refractivity contribution in [3.63, 3.8) is 0 Å². The summed E-state index contributed by atoms with van der Waals surface area (Å²) in [5, 5.41) is 0. The number of carbonyl (C=O) groups excluding carboxylic acids is 1. The molecule has 1 saturated carbocycles. The van der Waals surface area contributed by atoms with Crippen molar-refractivity contribution >= 4 is 5.78 Å². The Hall–Kier alpha value is -0.370. The third-order valence-electron chi connectivity index (χ3n) is 2.72. The molecule has 0 N–H and O–H groups in total. The molecule has 0 aromatic rings. The van der Waals surface area contributed by atoms with Gasteiger partial charge in [0.1, 0.15) is 5.78 Å². The average Bonchev–Trinajstić information content (AvgIpc) is 2.74. The lowest BCUT2D eigenvalue weighted by atomic mass is 9.94. The van der Waals surface area contributed by atoms with E-state index in [2.05, 4.69) is 0 Å². The Bertz CT molecular complexity index is 172. The minimum absolute atomic E-state index is 0.183. The first-order valence-corrected chi connectivity index (χ1v) is 4.44. The molecule has 0 aromatic carbocycles. The van der Waals surface area contributed by atoms with Gasteiger partial charge in [-0.3, -0.25) is 4.79 Å². The zero-order valence-electron chi connectivity index (χ0n) is 6.88. The van der Waals surface area contributed by atoms with Crippen LogP contribution in [0.2, 0.25) is 0 Å². The van der Waals surface area contributed by atoms with Crippen molar-refractivity contribution in [3.05, 3.63) is 0 Å². The number of ketones is 1. The van der Waals surface area contributed by atoms with Crippen LogP contribution in [0.5, 0.6) is 0 Å². The Morgan fingerprint density at radius 2 is 2.09 bits per heavy atom. The Kier molecular flexibility index (Phi) is 1.72. The Morgan fingerprint density at radius 3 is 2.55 bits per heavy atom. The predicted molar refractivity (Wildman–Crippen MR) is 41.3 cm³/mol. The van der Waals surface area contributed by atoms with Crippen LogP contribution in [0, 0.1) is 11.8 Å². The summed E-state index contributed by atoms with van der Waals surface area (Å²) in [5.74, 6) is 1.10. The highest BCUT2D eigenvalue weighted by Gasteiger charge is 2.39. The van der Waals surface area contributed by atoms with Crippen LogP contribution in [-0.4, -0.2) is 18.5 Å². The molecule has 1 aliphatic heterocycles. The lowest BCUT2D eigenvalue weighted by molar-refractivity contribution is -0.125. The summed E-state index contributed by atoms with van der Waals surface area (Å²) in [4.78, 5) is 11.5. The predicted octanol–water partition coefficient (Wildman–Crippen LogP) is 1.39. The summed E-state index contributed by atoms with van der Waals surface area (Å²) < 4.78 is 5.34. The van der Waals surface area contributed by atoms with E-state index in [1.807, 2.05) is 6.92 Å². The van der Waals surface area contributed by atoms with Crippen LogP contribution in [0.3, 0.4) is 0 Å². The molecule has 2 aliphatic rings. The van der Waals surface area contributed by atoms with Gasteiger partial charge in [0.25, 0.3) is 0 Å². The van der Waals surface area contributed by atoms with Gasteiger partial charge in [-0.05, 0) is 26.2 Å². The molecule has 0 bridgehead atoms. The van der Waals surface area contributed by atoms with Crippen LogP contribution in [0.15, 0.2) is 0 Å². The SMILES string of the molecule is CC1OCCC1C(=O)C1CC1. The second kappa shape index (κ2) is 2.59. The first kappa shape index (κ1) is 7.29. The normalized spacial score (nSPS) is 37.5. The molecule has 2 nitrogen and oxygen atoms in total. The van der Waals surface area contributed by atoms with Crippen molar-refractivity contribution in [1.29, 1.82) is 0 Å². The molecule has 0 aromatic heterocycles. The first-order chi connectivity index (χ1) is 5.29. The zero-order chi connectivity index (χ0) is 7.84. The lowest BCUT2D eigenvalue weighted by Gasteiger charge is -2.11. The molecule has 1 saturated heterocycles. The monoisotopic (exact) mass is 154 g/mol. The molecule has 0 radical (unpaired) electrons. The van der Waals surface area contributed by atoms with Crippen LogP contribution in [0.4, 0.5) is 0 Å². The van der Waals surface area contributed by atoms with E-state index in [4.69, 9.17) is 4.74 Å². The number of Topliss-reactive ketones (excluding diaryl/α,β-unsaturated/α-hetero) is 1. The summed E-state index contributed by atoms with van der Waals surface area (Å²) in [7, 11) is 0. The van der Waals surface area contributed by atoms with Crippen LogP contribution in [-0.2, 0) is 9.53 Å². The van der Waals surface area contributed by atoms with Crippen LogP contribution in [0.25, 0.3) is 0 Å². The maximum atomic E-state index is 11.5. The van der Waals surface area contributed by atoms with Gasteiger partial charge in [0.2, 0.25) is 0 Å². The molecule has 2 unspecified atom stereocenters. The van der Waals surface area contributed by atoms with Crippen molar-refractivity contribution in [3.8, 4) is 0 Å². The Labute approximate surface area is 66.9 Å². The summed E-state index contributed by atoms with van der Waals surface area (Å²) >= 11 is 0. The molecule has 2 heteroatoms. The number of hydrogen-bond donors (Lipinski definition) is 0. The van der Waals surface area contributed by atoms with E-state index in [0.29, 0.717) is 11.7 Å². The number of hydrogen-bond acceptors (Lipinski definition) is 2. The van der Waals surface area contributed by atoms with Crippen LogP contribution in [0.1, 0.15) is 26.2 Å². The molecule has 2 atom stereocenters. The average molecular weight is 154 g/mol. The number of carbonyl (C=O) groups is 1. The van der Waals surface area contributed by atoms with Gasteiger partial charge in [-0.15, -0.1) is 0 Å². The van der Waals surface area contributed by atoms with E-state index in [0.717, 1.165) is 25.9 Å². The van der Waals surface area contributed by atoms with Gasteiger partial charge in [-0.2, -0.15) is 0 Å². The van der Waals surface area contributed by atoms with Crippen molar-refractivity contribution in [2.45, 2.75) is 32.3 Å². The van der Waals surface area contributed by atoms with Gasteiger partial charge in [0.05, 0.1) is 6.10 Å². The maximum Gasteiger partial charge on any atom is 0.141 e. The minimum atomic E-state index is 0.183. The smallest absolute Gasteiger partial charge is 0.141 e. The van der Waals surface area contributed by atoms with Gasteiger partial charge in [0.15, 0.2) is 0 Å². The van der Waals surface area contributed by atoms with Crippen molar-refractivity contribution in [2.75, 3.05) is 6.61 Å². The van der Waals surface area contributed by atoms with Crippen molar-refractivity contribution in [1.82, 2.24) is 0 Å². The molecule has 1 aliphatic carbocycles. The molecule has 0 amide bonds. The second-order valence-electron chi connectivity index (χ2n) is 3.65. The number of ether oxygens (including phenoxy) is 1. The second-order valence-corrected chi connectivity index (χ2v) is 3.65. The van der Waals surface area contributed by atoms with Crippen molar-refractivity contribution < 1.29 is 9.53 Å². The van der Waals surface area contributed by atoms with E-state index in [-0.39, 0.29) is 12.0 Å². The fourth-order valence-electron chi connectivity index (χ4n) is 1.78. The van der Waals surface area contributed by atoms with E-state index in [1.54, 1.807) is 0 Å². The zero-order valence-corrected chi connectivity index (χ0v) is 6.88. The van der Waals surface area contributed by atoms with Gasteiger partial charge < -0.3 is 4.74 Å². The molecule has 62 valence electrons. The Balaban J connectivity index is 1.96. The summed E-state index contributed by atoms with van der Waals surface area (Å²) in [6.45, 7) is 2.79. The molecule has 11 heavy (non-hydrogen) atoms. The van der Waals surface area contributed by atoms with E-state index >= 15 is 0 Å². The van der Waals surface area contributed by atoms with Crippen molar-refractivity contribution in [2.24, 2.45) is 11.8 Å². The van der Waals surface area contributed by atoms with Gasteiger partial charge in [-0.1, -0.05) is 0 Å². The Morgan fingerprint density at radius 1 is 1.36 bits per heavy atom. The topological polar surface area (TPSA) is 26.3 Å². The third kappa shape index (κ3) is 1.32. The highest BCUT2D eigenvalue weighted by molar-refractivity contribution is 5.86. The highest BCUT2D eigenvalue weighted by Crippen LogP contribution is 2.36.